The van der Waals surface area contributed by atoms with Gasteiger partial charge in [0, 0.05) is 30.4 Å². The number of nitrogens with one attached hydrogen (secondary N) is 2. The maximum absolute atomic E-state index is 13.7. The predicted octanol–water partition coefficient (Wildman–Crippen LogP) is 5.86. The first-order chi connectivity index (χ1) is 17.6. The average molecular weight is 505 g/mol. The molecule has 0 spiro atoms. The molecule has 0 saturated heterocycles. The molecule has 2 unspecified atom stereocenters. The van der Waals surface area contributed by atoms with Gasteiger partial charge < -0.3 is 19.9 Å². The molecule has 2 N–H and O–H groups in total. The van der Waals surface area contributed by atoms with E-state index in [1.54, 1.807) is 12.1 Å². The van der Waals surface area contributed by atoms with Gasteiger partial charge in [0.1, 0.15) is 23.4 Å². The van der Waals surface area contributed by atoms with Crippen LogP contribution >= 0.6 is 11.6 Å². The molecule has 9 heteroatoms. The van der Waals surface area contributed by atoms with E-state index in [1.807, 2.05) is 41.2 Å². The Morgan fingerprint density at radius 1 is 1.17 bits per heavy atom. The highest BCUT2D eigenvalue weighted by atomic mass is 35.5. The van der Waals surface area contributed by atoms with Crippen molar-refractivity contribution in [1.82, 2.24) is 19.9 Å². The minimum atomic E-state index is -0.467. The molecule has 1 aliphatic carbocycles. The molecule has 1 aromatic carbocycles. The SMILES string of the molecule is [C-]#[N+]c1ccc2c(c1)OCCC2NC(=O)C(CC1CCCCC1)Nc1cc(-n2cccc2)nc(Cl)n1. The standard InChI is InChI=1S/C27H29ClN6O2/c1-29-19-9-10-20-21(11-14-36-23(20)16-19)31-26(35)22(15-18-7-3-2-4-8-18)30-24-17-25(33-27(28)32-24)34-12-5-6-13-34/h5-6,9-10,12-13,16-18,21-22H,2-4,7-8,11,14-15H2,(H,31,35)(H,30,32,33). The van der Waals surface area contributed by atoms with Crippen LogP contribution in [0, 0.1) is 12.5 Å². The zero-order chi connectivity index (χ0) is 24.9. The van der Waals surface area contributed by atoms with Crippen molar-refractivity contribution >= 4 is 29.0 Å². The normalized spacial score (nSPS) is 18.4. The molecule has 3 aromatic rings. The van der Waals surface area contributed by atoms with E-state index in [4.69, 9.17) is 22.9 Å². The van der Waals surface area contributed by atoms with Crippen molar-refractivity contribution in [2.45, 2.75) is 57.0 Å². The molecule has 1 saturated carbocycles. The molecule has 5 rings (SSSR count). The number of aromatic nitrogens is 3. The van der Waals surface area contributed by atoms with Gasteiger partial charge >= 0.3 is 0 Å². The Bertz CT molecular complexity index is 1250. The number of anilines is 1. The first-order valence-electron chi connectivity index (χ1n) is 12.5. The van der Waals surface area contributed by atoms with Crippen molar-refractivity contribution in [2.75, 3.05) is 11.9 Å². The van der Waals surface area contributed by atoms with E-state index in [9.17, 15) is 4.79 Å². The first kappa shape index (κ1) is 24.1. The molecular formula is C27H29ClN6O2. The van der Waals surface area contributed by atoms with Gasteiger partial charge in [-0.3, -0.25) is 4.79 Å². The summed E-state index contributed by atoms with van der Waals surface area (Å²) in [6.07, 6.45) is 11.1. The zero-order valence-corrected chi connectivity index (χ0v) is 20.7. The van der Waals surface area contributed by atoms with Gasteiger partial charge in [-0.25, -0.2) is 9.83 Å². The minimum Gasteiger partial charge on any atom is -0.494 e. The third-order valence-corrected chi connectivity index (χ3v) is 7.14. The quantitative estimate of drug-likeness (QED) is 0.311. The summed E-state index contributed by atoms with van der Waals surface area (Å²) in [4.78, 5) is 25.8. The molecule has 36 heavy (non-hydrogen) atoms. The lowest BCUT2D eigenvalue weighted by molar-refractivity contribution is -0.123. The fourth-order valence-corrected chi connectivity index (χ4v) is 5.31. The highest BCUT2D eigenvalue weighted by Crippen LogP contribution is 2.35. The summed E-state index contributed by atoms with van der Waals surface area (Å²) in [5.41, 5.74) is 1.43. The fraction of sp³-hybridized carbons (Fsp3) is 0.407. The molecule has 2 atom stereocenters. The highest BCUT2D eigenvalue weighted by molar-refractivity contribution is 6.28. The summed E-state index contributed by atoms with van der Waals surface area (Å²) in [5, 5.41) is 6.73. The number of rotatable bonds is 7. The number of hydrogen-bond acceptors (Lipinski definition) is 5. The Kier molecular flexibility index (Phi) is 7.38. The summed E-state index contributed by atoms with van der Waals surface area (Å²) in [5.74, 6) is 2.21. The second-order valence-electron chi connectivity index (χ2n) is 9.44. The van der Waals surface area contributed by atoms with Crippen LogP contribution in [0.3, 0.4) is 0 Å². The first-order valence-corrected chi connectivity index (χ1v) is 12.9. The van der Waals surface area contributed by atoms with E-state index in [1.165, 1.54) is 19.3 Å². The number of amides is 1. The third kappa shape index (κ3) is 5.63. The number of fused-ring (bicyclic) bond motifs is 1. The molecule has 0 bridgehead atoms. The predicted molar refractivity (Wildman–Crippen MR) is 139 cm³/mol. The van der Waals surface area contributed by atoms with Crippen molar-refractivity contribution in [1.29, 1.82) is 0 Å². The van der Waals surface area contributed by atoms with Gasteiger partial charge in [0.2, 0.25) is 11.2 Å². The van der Waals surface area contributed by atoms with Gasteiger partial charge in [-0.15, -0.1) is 0 Å². The maximum Gasteiger partial charge on any atom is 0.243 e. The number of carbonyl (C=O) groups is 1. The Morgan fingerprint density at radius 3 is 2.75 bits per heavy atom. The van der Waals surface area contributed by atoms with E-state index < -0.39 is 6.04 Å². The van der Waals surface area contributed by atoms with E-state index in [-0.39, 0.29) is 17.2 Å². The van der Waals surface area contributed by atoms with Gasteiger partial charge in [0.25, 0.3) is 0 Å². The van der Waals surface area contributed by atoms with Crippen LogP contribution in [0.25, 0.3) is 10.7 Å². The largest absolute Gasteiger partial charge is 0.494 e. The Hall–Kier alpha value is -3.57. The van der Waals surface area contributed by atoms with Crippen molar-refractivity contribution < 1.29 is 9.53 Å². The lowest BCUT2D eigenvalue weighted by Gasteiger charge is -2.31. The van der Waals surface area contributed by atoms with Gasteiger partial charge in [-0.05, 0) is 42.1 Å². The van der Waals surface area contributed by atoms with Crippen molar-refractivity contribution in [3.8, 4) is 11.6 Å². The summed E-state index contributed by atoms with van der Waals surface area (Å²) in [7, 11) is 0. The van der Waals surface area contributed by atoms with E-state index in [2.05, 4.69) is 25.4 Å². The number of ether oxygens (including phenoxy) is 1. The number of halogens is 1. The van der Waals surface area contributed by atoms with Gasteiger partial charge in [0.15, 0.2) is 5.69 Å². The molecule has 1 amide bonds. The molecule has 2 aromatic heterocycles. The monoisotopic (exact) mass is 504 g/mol. The fourth-order valence-electron chi connectivity index (χ4n) is 5.14. The highest BCUT2D eigenvalue weighted by Gasteiger charge is 2.29. The Balaban J connectivity index is 1.37. The average Bonchev–Trinajstić information content (AvgIpc) is 3.44. The zero-order valence-electron chi connectivity index (χ0n) is 20.0. The Morgan fingerprint density at radius 2 is 1.97 bits per heavy atom. The summed E-state index contributed by atoms with van der Waals surface area (Å²) >= 11 is 6.25. The molecule has 2 aliphatic rings. The van der Waals surface area contributed by atoms with Crippen LogP contribution in [0.4, 0.5) is 11.5 Å². The van der Waals surface area contributed by atoms with Crippen molar-refractivity contribution in [3.63, 3.8) is 0 Å². The van der Waals surface area contributed by atoms with Crippen LogP contribution in [0.2, 0.25) is 5.28 Å². The van der Waals surface area contributed by atoms with E-state index in [0.29, 0.717) is 42.0 Å². The summed E-state index contributed by atoms with van der Waals surface area (Å²) in [6.45, 7) is 7.74. The number of hydrogen-bond donors (Lipinski definition) is 2. The third-order valence-electron chi connectivity index (χ3n) is 6.97. The van der Waals surface area contributed by atoms with Crippen LogP contribution < -0.4 is 15.4 Å². The Labute approximate surface area is 215 Å². The van der Waals surface area contributed by atoms with Gasteiger partial charge in [0.05, 0.1) is 19.2 Å². The smallest absolute Gasteiger partial charge is 0.243 e. The van der Waals surface area contributed by atoms with Crippen LogP contribution in [0.15, 0.2) is 48.8 Å². The molecule has 8 nitrogen and oxygen atoms in total. The molecular weight excluding hydrogens is 476 g/mol. The van der Waals surface area contributed by atoms with Gasteiger partial charge in [-0.2, -0.15) is 4.98 Å². The molecule has 3 heterocycles. The lowest BCUT2D eigenvalue weighted by Crippen LogP contribution is -2.43. The summed E-state index contributed by atoms with van der Waals surface area (Å²) in [6, 6.07) is 10.4. The minimum absolute atomic E-state index is 0.0788. The second-order valence-corrected chi connectivity index (χ2v) is 9.78. The summed E-state index contributed by atoms with van der Waals surface area (Å²) < 4.78 is 7.63. The van der Waals surface area contributed by atoms with Crippen LogP contribution in [0.1, 0.15) is 56.6 Å². The van der Waals surface area contributed by atoms with Crippen LogP contribution in [0.5, 0.6) is 5.75 Å². The molecule has 1 aliphatic heterocycles. The van der Waals surface area contributed by atoms with Crippen LogP contribution in [-0.4, -0.2) is 33.1 Å². The maximum atomic E-state index is 13.7. The molecule has 0 radical (unpaired) electrons. The van der Waals surface area contributed by atoms with Gasteiger partial charge in [-0.1, -0.05) is 44.2 Å². The number of carbonyl (C=O) groups excluding carboxylic acids is 1. The van der Waals surface area contributed by atoms with Crippen LogP contribution in [-0.2, 0) is 4.79 Å². The van der Waals surface area contributed by atoms with Crippen molar-refractivity contribution in [2.24, 2.45) is 5.92 Å². The number of nitrogens with zero attached hydrogens (tertiary/aromatic N) is 4. The number of benzene rings is 1. The molecule has 1 fully saturated rings. The molecule has 186 valence electrons. The lowest BCUT2D eigenvalue weighted by atomic mass is 9.84. The van der Waals surface area contributed by atoms with E-state index in [0.717, 1.165) is 24.8 Å². The van der Waals surface area contributed by atoms with E-state index >= 15 is 0 Å². The second kappa shape index (κ2) is 11.0. The van der Waals surface area contributed by atoms with Crippen molar-refractivity contribution in [3.05, 3.63) is 71.1 Å². The topological polar surface area (TPSA) is 85.4 Å².